The number of carbonyl (C=O) groups excluding carboxylic acids is 1. The zero-order chi connectivity index (χ0) is 11.4. The molecule has 1 N–H and O–H groups in total. The highest BCUT2D eigenvalue weighted by atomic mass is 16.6. The fourth-order valence-electron chi connectivity index (χ4n) is 1.27. The number of hydrogen-bond donors (Lipinski definition) is 1. The third kappa shape index (κ3) is 6.75. The van der Waals surface area contributed by atoms with Crippen LogP contribution in [-0.2, 0) is 4.74 Å². The zero-order valence-corrected chi connectivity index (χ0v) is 10.2. The van der Waals surface area contributed by atoms with Crippen LogP contribution in [0, 0.1) is 0 Å². The second kappa shape index (κ2) is 4.67. The molecule has 0 aromatic carbocycles. The van der Waals surface area contributed by atoms with Gasteiger partial charge in [-0.1, -0.05) is 13.3 Å². The van der Waals surface area contributed by atoms with Crippen LogP contribution in [0.1, 0.15) is 54.4 Å². The first kappa shape index (κ1) is 13.3. The summed E-state index contributed by atoms with van der Waals surface area (Å²) in [5.41, 5.74) is -0.608. The summed E-state index contributed by atoms with van der Waals surface area (Å²) in [6.07, 6.45) is 1.66. The van der Waals surface area contributed by atoms with Gasteiger partial charge in [0.2, 0.25) is 0 Å². The van der Waals surface area contributed by atoms with Crippen LogP contribution in [0.3, 0.4) is 0 Å². The Bertz CT molecular complexity index is 192. The number of rotatable bonds is 3. The lowest BCUT2D eigenvalue weighted by molar-refractivity contribution is 0.0468. The van der Waals surface area contributed by atoms with E-state index in [0.29, 0.717) is 0 Å². The number of carbonyl (C=O) groups is 1. The number of nitrogens with one attached hydrogen (secondary N) is 1. The van der Waals surface area contributed by atoms with Gasteiger partial charge in [-0.2, -0.15) is 0 Å². The standard InChI is InChI=1S/C11H23NO2/c1-7-8-11(5,6)12-9(13)14-10(2,3)4/h7-8H2,1-6H3,(H,12,13). The smallest absolute Gasteiger partial charge is 0.408 e. The van der Waals surface area contributed by atoms with E-state index in [4.69, 9.17) is 4.74 Å². The lowest BCUT2D eigenvalue weighted by Crippen LogP contribution is -2.45. The van der Waals surface area contributed by atoms with Gasteiger partial charge in [-0.25, -0.2) is 4.79 Å². The van der Waals surface area contributed by atoms with Crippen molar-refractivity contribution in [2.24, 2.45) is 0 Å². The highest BCUT2D eigenvalue weighted by molar-refractivity contribution is 5.68. The molecule has 0 radical (unpaired) electrons. The molecule has 1 amide bonds. The Morgan fingerprint density at radius 1 is 1.21 bits per heavy atom. The summed E-state index contributed by atoms with van der Waals surface area (Å²) in [6.45, 7) is 11.7. The molecule has 3 nitrogen and oxygen atoms in total. The molecule has 14 heavy (non-hydrogen) atoms. The van der Waals surface area contributed by atoms with Crippen molar-refractivity contribution in [3.63, 3.8) is 0 Å². The van der Waals surface area contributed by atoms with Crippen LogP contribution in [0.2, 0.25) is 0 Å². The summed E-state index contributed by atoms with van der Waals surface area (Å²) in [6, 6.07) is 0. The molecular formula is C11H23NO2. The quantitative estimate of drug-likeness (QED) is 0.762. The largest absolute Gasteiger partial charge is 0.444 e. The summed E-state index contributed by atoms with van der Waals surface area (Å²) >= 11 is 0. The number of ether oxygens (including phenoxy) is 1. The molecule has 0 spiro atoms. The summed E-state index contributed by atoms with van der Waals surface area (Å²) in [4.78, 5) is 11.4. The van der Waals surface area contributed by atoms with Crippen molar-refractivity contribution >= 4 is 6.09 Å². The average molecular weight is 201 g/mol. The van der Waals surface area contributed by atoms with Crippen molar-refractivity contribution < 1.29 is 9.53 Å². The first-order valence-electron chi connectivity index (χ1n) is 5.17. The first-order valence-corrected chi connectivity index (χ1v) is 5.17. The molecule has 0 aliphatic rings. The molecule has 0 heterocycles. The molecule has 84 valence electrons. The van der Waals surface area contributed by atoms with E-state index < -0.39 is 5.60 Å². The molecule has 0 saturated carbocycles. The number of hydrogen-bond acceptors (Lipinski definition) is 2. The van der Waals surface area contributed by atoms with E-state index >= 15 is 0 Å². The van der Waals surface area contributed by atoms with E-state index in [1.165, 1.54) is 0 Å². The summed E-state index contributed by atoms with van der Waals surface area (Å²) in [5.74, 6) is 0. The average Bonchev–Trinajstić information content (AvgIpc) is 1.78. The number of amides is 1. The van der Waals surface area contributed by atoms with Gasteiger partial charge in [-0.3, -0.25) is 0 Å². The highest BCUT2D eigenvalue weighted by Gasteiger charge is 2.23. The van der Waals surface area contributed by atoms with Crippen molar-refractivity contribution in [1.29, 1.82) is 0 Å². The molecule has 0 rings (SSSR count). The zero-order valence-electron chi connectivity index (χ0n) is 10.2. The van der Waals surface area contributed by atoms with E-state index in [-0.39, 0.29) is 11.6 Å². The SMILES string of the molecule is CCCC(C)(C)NC(=O)OC(C)(C)C. The maximum absolute atomic E-state index is 11.4. The Labute approximate surface area is 87.2 Å². The maximum Gasteiger partial charge on any atom is 0.408 e. The fourth-order valence-corrected chi connectivity index (χ4v) is 1.27. The van der Waals surface area contributed by atoms with Gasteiger partial charge in [-0.05, 0) is 41.0 Å². The minimum atomic E-state index is -0.424. The van der Waals surface area contributed by atoms with Gasteiger partial charge in [0.25, 0.3) is 0 Å². The molecule has 0 saturated heterocycles. The predicted octanol–water partition coefficient (Wildman–Crippen LogP) is 3.09. The molecule has 0 aliphatic carbocycles. The molecular weight excluding hydrogens is 178 g/mol. The van der Waals surface area contributed by atoms with Gasteiger partial charge >= 0.3 is 6.09 Å². The molecule has 0 atom stereocenters. The van der Waals surface area contributed by atoms with Crippen LogP contribution in [0.15, 0.2) is 0 Å². The van der Waals surface area contributed by atoms with Crippen LogP contribution in [0.5, 0.6) is 0 Å². The van der Waals surface area contributed by atoms with Crippen LogP contribution >= 0.6 is 0 Å². The van der Waals surface area contributed by atoms with Crippen molar-refractivity contribution in [2.45, 2.75) is 65.5 Å². The van der Waals surface area contributed by atoms with E-state index in [2.05, 4.69) is 12.2 Å². The Morgan fingerprint density at radius 3 is 2.07 bits per heavy atom. The van der Waals surface area contributed by atoms with Gasteiger partial charge in [0.1, 0.15) is 5.60 Å². The van der Waals surface area contributed by atoms with Crippen molar-refractivity contribution in [2.75, 3.05) is 0 Å². The van der Waals surface area contributed by atoms with E-state index in [0.717, 1.165) is 12.8 Å². The van der Waals surface area contributed by atoms with Gasteiger partial charge in [0.05, 0.1) is 0 Å². The summed E-state index contributed by atoms with van der Waals surface area (Å²) in [7, 11) is 0. The van der Waals surface area contributed by atoms with Gasteiger partial charge < -0.3 is 10.1 Å². The Morgan fingerprint density at radius 2 is 1.71 bits per heavy atom. The van der Waals surface area contributed by atoms with Crippen LogP contribution in [0.4, 0.5) is 4.79 Å². The summed E-state index contributed by atoms with van der Waals surface area (Å²) in [5, 5.41) is 2.85. The molecule has 0 unspecified atom stereocenters. The van der Waals surface area contributed by atoms with Gasteiger partial charge in [-0.15, -0.1) is 0 Å². The fraction of sp³-hybridized carbons (Fsp3) is 0.909. The van der Waals surface area contributed by atoms with Crippen molar-refractivity contribution in [3.05, 3.63) is 0 Å². The van der Waals surface area contributed by atoms with Crippen LogP contribution < -0.4 is 5.32 Å². The normalized spacial score (nSPS) is 12.4. The summed E-state index contributed by atoms with van der Waals surface area (Å²) < 4.78 is 5.17. The lowest BCUT2D eigenvalue weighted by atomic mass is 9.99. The molecule has 0 aromatic heterocycles. The monoisotopic (exact) mass is 201 g/mol. The van der Waals surface area contributed by atoms with E-state index in [1.807, 2.05) is 34.6 Å². The molecule has 0 aliphatic heterocycles. The number of alkyl carbamates (subject to hydrolysis) is 1. The highest BCUT2D eigenvalue weighted by Crippen LogP contribution is 2.13. The Hall–Kier alpha value is -0.730. The molecule has 3 heteroatoms. The van der Waals surface area contributed by atoms with E-state index in [9.17, 15) is 4.79 Å². The van der Waals surface area contributed by atoms with Gasteiger partial charge in [0.15, 0.2) is 0 Å². The lowest BCUT2D eigenvalue weighted by Gasteiger charge is -2.28. The molecule has 0 aromatic rings. The van der Waals surface area contributed by atoms with Crippen LogP contribution in [-0.4, -0.2) is 17.2 Å². The third-order valence-corrected chi connectivity index (χ3v) is 1.71. The van der Waals surface area contributed by atoms with Crippen molar-refractivity contribution in [1.82, 2.24) is 5.32 Å². The molecule has 0 bridgehead atoms. The Kier molecular flexibility index (Phi) is 4.43. The van der Waals surface area contributed by atoms with E-state index in [1.54, 1.807) is 0 Å². The minimum absolute atomic E-state index is 0.183. The maximum atomic E-state index is 11.4. The van der Waals surface area contributed by atoms with Crippen LogP contribution in [0.25, 0.3) is 0 Å². The minimum Gasteiger partial charge on any atom is -0.444 e. The van der Waals surface area contributed by atoms with Gasteiger partial charge in [0, 0.05) is 5.54 Å². The topological polar surface area (TPSA) is 38.3 Å². The van der Waals surface area contributed by atoms with Crippen molar-refractivity contribution in [3.8, 4) is 0 Å². The first-order chi connectivity index (χ1) is 6.16. The Balaban J connectivity index is 4.06. The second-order valence-electron chi connectivity index (χ2n) is 5.26. The predicted molar refractivity (Wildman–Crippen MR) is 58.4 cm³/mol. The third-order valence-electron chi connectivity index (χ3n) is 1.71. The molecule has 0 fully saturated rings. The second-order valence-corrected chi connectivity index (χ2v) is 5.26.